The predicted octanol–water partition coefficient (Wildman–Crippen LogP) is 1.29. The van der Waals surface area contributed by atoms with Gasteiger partial charge in [0.1, 0.15) is 0 Å². The monoisotopic (exact) mass is 222 g/mol. The molecule has 1 aromatic rings. The van der Waals surface area contributed by atoms with Crippen LogP contribution in [-0.4, -0.2) is 32.8 Å². The molecule has 0 bridgehead atoms. The largest absolute Gasteiger partial charge is 0.326 e. The van der Waals surface area contributed by atoms with Gasteiger partial charge in [0.15, 0.2) is 0 Å². The first-order valence-corrected chi connectivity index (χ1v) is 5.91. The summed E-state index contributed by atoms with van der Waals surface area (Å²) in [6.45, 7) is 7.80. The van der Waals surface area contributed by atoms with Crippen LogP contribution in [-0.2, 0) is 7.05 Å². The SMILES string of the molecule is Cn1nccc1C1C(N)CCN1C(C)(C)C. The van der Waals surface area contributed by atoms with Crippen molar-refractivity contribution in [1.82, 2.24) is 14.7 Å². The maximum Gasteiger partial charge on any atom is 0.0675 e. The highest BCUT2D eigenvalue weighted by Crippen LogP contribution is 2.36. The van der Waals surface area contributed by atoms with Crippen LogP contribution >= 0.6 is 0 Å². The van der Waals surface area contributed by atoms with E-state index in [1.807, 2.05) is 17.9 Å². The number of aromatic nitrogens is 2. The molecule has 0 saturated carbocycles. The van der Waals surface area contributed by atoms with Crippen LogP contribution in [0.15, 0.2) is 12.3 Å². The molecule has 2 unspecified atom stereocenters. The zero-order valence-electron chi connectivity index (χ0n) is 10.6. The molecule has 2 atom stereocenters. The Bertz CT molecular complexity index is 363. The lowest BCUT2D eigenvalue weighted by atomic mass is 10.0. The minimum Gasteiger partial charge on any atom is -0.326 e. The van der Waals surface area contributed by atoms with E-state index in [0.717, 1.165) is 13.0 Å². The van der Waals surface area contributed by atoms with Crippen LogP contribution in [0.4, 0.5) is 0 Å². The minimum absolute atomic E-state index is 0.156. The zero-order chi connectivity index (χ0) is 11.9. The van der Waals surface area contributed by atoms with E-state index in [4.69, 9.17) is 5.73 Å². The summed E-state index contributed by atoms with van der Waals surface area (Å²) in [6.07, 6.45) is 2.91. The van der Waals surface area contributed by atoms with Crippen LogP contribution < -0.4 is 5.73 Å². The highest BCUT2D eigenvalue weighted by molar-refractivity contribution is 5.14. The predicted molar refractivity (Wildman–Crippen MR) is 65.0 cm³/mol. The number of hydrogen-bond acceptors (Lipinski definition) is 3. The lowest BCUT2D eigenvalue weighted by molar-refractivity contribution is 0.112. The average Bonchev–Trinajstić information content (AvgIpc) is 2.70. The van der Waals surface area contributed by atoms with Gasteiger partial charge in [0.05, 0.1) is 11.7 Å². The summed E-state index contributed by atoms with van der Waals surface area (Å²) in [6, 6.07) is 2.59. The van der Waals surface area contributed by atoms with Crippen molar-refractivity contribution in [2.45, 2.75) is 44.8 Å². The molecule has 4 nitrogen and oxygen atoms in total. The molecule has 0 aromatic carbocycles. The Morgan fingerprint density at radius 2 is 2.12 bits per heavy atom. The molecule has 90 valence electrons. The molecule has 4 heteroatoms. The maximum atomic E-state index is 6.24. The number of likely N-dealkylation sites (tertiary alicyclic amines) is 1. The summed E-state index contributed by atoms with van der Waals surface area (Å²) in [5, 5.41) is 4.25. The van der Waals surface area contributed by atoms with Gasteiger partial charge in [-0.3, -0.25) is 9.58 Å². The average molecular weight is 222 g/mol. The standard InChI is InChI=1S/C12H22N4/c1-12(2,3)16-8-6-9(13)11(16)10-5-7-14-15(10)4/h5,7,9,11H,6,8,13H2,1-4H3. The topological polar surface area (TPSA) is 47.1 Å². The van der Waals surface area contributed by atoms with Crippen LogP contribution in [0.1, 0.15) is 38.9 Å². The van der Waals surface area contributed by atoms with Crippen molar-refractivity contribution in [1.29, 1.82) is 0 Å². The molecule has 0 amide bonds. The molecule has 16 heavy (non-hydrogen) atoms. The van der Waals surface area contributed by atoms with Gasteiger partial charge in [-0.25, -0.2) is 0 Å². The van der Waals surface area contributed by atoms with E-state index >= 15 is 0 Å². The fourth-order valence-electron chi connectivity index (χ4n) is 2.62. The van der Waals surface area contributed by atoms with Crippen molar-refractivity contribution in [2.75, 3.05) is 6.54 Å². The van der Waals surface area contributed by atoms with E-state index in [2.05, 4.69) is 36.8 Å². The van der Waals surface area contributed by atoms with Gasteiger partial charge in [-0.2, -0.15) is 5.10 Å². The maximum absolute atomic E-state index is 6.24. The fourth-order valence-corrected chi connectivity index (χ4v) is 2.62. The number of rotatable bonds is 1. The van der Waals surface area contributed by atoms with Crippen LogP contribution in [0.5, 0.6) is 0 Å². The van der Waals surface area contributed by atoms with Crippen molar-refractivity contribution >= 4 is 0 Å². The lowest BCUT2D eigenvalue weighted by Crippen LogP contribution is -2.44. The second-order valence-electron chi connectivity index (χ2n) is 5.64. The van der Waals surface area contributed by atoms with E-state index in [-0.39, 0.29) is 11.6 Å². The van der Waals surface area contributed by atoms with Crippen molar-refractivity contribution in [2.24, 2.45) is 12.8 Å². The van der Waals surface area contributed by atoms with Crippen molar-refractivity contribution in [3.63, 3.8) is 0 Å². The molecule has 0 aliphatic carbocycles. The zero-order valence-corrected chi connectivity index (χ0v) is 10.6. The molecule has 2 heterocycles. The number of nitrogens with two attached hydrogens (primary N) is 1. The third-order valence-electron chi connectivity index (χ3n) is 3.47. The molecule has 1 saturated heterocycles. The summed E-state index contributed by atoms with van der Waals surface area (Å²) >= 11 is 0. The summed E-state index contributed by atoms with van der Waals surface area (Å²) in [4.78, 5) is 2.48. The van der Waals surface area contributed by atoms with Crippen LogP contribution in [0.2, 0.25) is 0 Å². The third kappa shape index (κ3) is 1.87. The Morgan fingerprint density at radius 3 is 2.62 bits per heavy atom. The normalized spacial score (nSPS) is 27.6. The first kappa shape index (κ1) is 11.6. The Hall–Kier alpha value is -0.870. The molecule has 1 aromatic heterocycles. The van der Waals surface area contributed by atoms with Crippen LogP contribution in [0.25, 0.3) is 0 Å². The molecule has 1 aliphatic heterocycles. The molecule has 1 fully saturated rings. The Morgan fingerprint density at radius 1 is 1.44 bits per heavy atom. The Kier molecular flexibility index (Phi) is 2.80. The summed E-state index contributed by atoms with van der Waals surface area (Å²) in [5.41, 5.74) is 7.62. The van der Waals surface area contributed by atoms with Gasteiger partial charge in [-0.1, -0.05) is 0 Å². The molecule has 0 spiro atoms. The van der Waals surface area contributed by atoms with Crippen molar-refractivity contribution < 1.29 is 0 Å². The molecule has 1 aliphatic rings. The molecular formula is C12H22N4. The minimum atomic E-state index is 0.156. The highest BCUT2D eigenvalue weighted by Gasteiger charge is 2.39. The Labute approximate surface area is 97.4 Å². The smallest absolute Gasteiger partial charge is 0.0675 e. The van der Waals surface area contributed by atoms with Gasteiger partial charge in [0, 0.05) is 31.4 Å². The summed E-state index contributed by atoms with van der Waals surface area (Å²) in [7, 11) is 1.99. The molecule has 0 radical (unpaired) electrons. The van der Waals surface area contributed by atoms with Crippen molar-refractivity contribution in [3.8, 4) is 0 Å². The summed E-state index contributed by atoms with van der Waals surface area (Å²) in [5.74, 6) is 0. The Balaban J connectivity index is 2.34. The molecule has 2 N–H and O–H groups in total. The van der Waals surface area contributed by atoms with Gasteiger partial charge in [-0.15, -0.1) is 0 Å². The van der Waals surface area contributed by atoms with Gasteiger partial charge in [-0.05, 0) is 33.3 Å². The van der Waals surface area contributed by atoms with Gasteiger partial charge in [0.25, 0.3) is 0 Å². The summed E-state index contributed by atoms with van der Waals surface area (Å²) < 4.78 is 1.94. The highest BCUT2D eigenvalue weighted by atomic mass is 15.3. The van der Waals surface area contributed by atoms with E-state index < -0.39 is 0 Å². The first-order chi connectivity index (χ1) is 7.41. The van der Waals surface area contributed by atoms with Gasteiger partial charge in [0.2, 0.25) is 0 Å². The fraction of sp³-hybridized carbons (Fsp3) is 0.750. The van der Waals surface area contributed by atoms with E-state index in [0.29, 0.717) is 6.04 Å². The first-order valence-electron chi connectivity index (χ1n) is 5.91. The van der Waals surface area contributed by atoms with Gasteiger partial charge >= 0.3 is 0 Å². The third-order valence-corrected chi connectivity index (χ3v) is 3.47. The second kappa shape index (κ2) is 3.86. The van der Waals surface area contributed by atoms with E-state index in [1.54, 1.807) is 0 Å². The molecular weight excluding hydrogens is 200 g/mol. The van der Waals surface area contributed by atoms with Crippen molar-refractivity contribution in [3.05, 3.63) is 18.0 Å². The van der Waals surface area contributed by atoms with Gasteiger partial charge < -0.3 is 5.73 Å². The van der Waals surface area contributed by atoms with E-state index in [9.17, 15) is 0 Å². The lowest BCUT2D eigenvalue weighted by Gasteiger charge is -2.37. The molecule has 2 rings (SSSR count). The van der Waals surface area contributed by atoms with E-state index in [1.165, 1.54) is 5.69 Å². The number of hydrogen-bond donors (Lipinski definition) is 1. The number of aryl methyl sites for hydroxylation is 1. The van der Waals surface area contributed by atoms with Crippen LogP contribution in [0, 0.1) is 0 Å². The van der Waals surface area contributed by atoms with Crippen LogP contribution in [0.3, 0.4) is 0 Å². The quantitative estimate of drug-likeness (QED) is 0.779. The second-order valence-corrected chi connectivity index (χ2v) is 5.64. The number of nitrogens with zero attached hydrogens (tertiary/aromatic N) is 3.